The highest BCUT2D eigenvalue weighted by Gasteiger charge is 2.13. The van der Waals surface area contributed by atoms with Crippen molar-refractivity contribution < 1.29 is 9.59 Å². The van der Waals surface area contributed by atoms with Gasteiger partial charge in [0.15, 0.2) is 0 Å². The first-order valence-corrected chi connectivity index (χ1v) is 11.1. The van der Waals surface area contributed by atoms with Crippen LogP contribution in [0, 0.1) is 6.92 Å². The number of hydrogen-bond donors (Lipinski definition) is 3. The molecule has 31 heavy (non-hydrogen) atoms. The van der Waals surface area contributed by atoms with E-state index in [0.29, 0.717) is 18.5 Å². The number of hydrogen-bond acceptors (Lipinski definition) is 4. The molecular formula is C24H32N4O2S. The Morgan fingerprint density at radius 2 is 2.03 bits per heavy atom. The van der Waals surface area contributed by atoms with E-state index in [-0.39, 0.29) is 5.91 Å². The van der Waals surface area contributed by atoms with Crippen LogP contribution in [0.1, 0.15) is 50.4 Å². The lowest BCUT2D eigenvalue weighted by Gasteiger charge is -2.04. The van der Waals surface area contributed by atoms with Crippen molar-refractivity contribution in [2.24, 2.45) is 0 Å². The number of aromatic nitrogens is 2. The Kier molecular flexibility index (Phi) is 11.6. The summed E-state index contributed by atoms with van der Waals surface area (Å²) in [5, 5.41) is 7.93. The van der Waals surface area contributed by atoms with Crippen molar-refractivity contribution in [3.05, 3.63) is 64.4 Å². The number of thiazole rings is 1. The highest BCUT2D eigenvalue weighted by atomic mass is 32.1. The highest BCUT2D eigenvalue weighted by molar-refractivity contribution is 7.11. The SMILES string of the molecule is C=C/C=C\c1c(-c2csc(/C(C)=C/C(=C\NC=O)C(=O)NCC)n2)c[nH]c1C.CCC. The quantitative estimate of drug-likeness (QED) is 0.283. The molecule has 0 bridgehead atoms. The minimum atomic E-state index is -0.258. The lowest BCUT2D eigenvalue weighted by Crippen LogP contribution is -2.25. The third-order valence-corrected chi connectivity index (χ3v) is 4.90. The van der Waals surface area contributed by atoms with E-state index >= 15 is 0 Å². The third kappa shape index (κ3) is 7.86. The van der Waals surface area contributed by atoms with Gasteiger partial charge in [0.2, 0.25) is 6.41 Å². The van der Waals surface area contributed by atoms with E-state index in [2.05, 4.69) is 36.0 Å². The van der Waals surface area contributed by atoms with Gasteiger partial charge in [-0.05, 0) is 32.4 Å². The Morgan fingerprint density at radius 1 is 1.32 bits per heavy atom. The summed E-state index contributed by atoms with van der Waals surface area (Å²) < 4.78 is 0. The molecular weight excluding hydrogens is 408 g/mol. The Balaban J connectivity index is 0.00000151. The van der Waals surface area contributed by atoms with Crippen LogP contribution >= 0.6 is 11.3 Å². The minimum absolute atomic E-state index is 0.258. The summed E-state index contributed by atoms with van der Waals surface area (Å²) >= 11 is 1.50. The molecule has 2 amide bonds. The molecule has 0 unspecified atom stereocenters. The van der Waals surface area contributed by atoms with Crippen molar-refractivity contribution in [3.8, 4) is 11.3 Å². The average Bonchev–Trinajstić information content (AvgIpc) is 3.37. The predicted molar refractivity (Wildman–Crippen MR) is 131 cm³/mol. The van der Waals surface area contributed by atoms with Gasteiger partial charge >= 0.3 is 0 Å². The highest BCUT2D eigenvalue weighted by Crippen LogP contribution is 2.31. The number of allylic oxidation sites excluding steroid dienone is 3. The Bertz CT molecular complexity index is 964. The van der Waals surface area contributed by atoms with Gasteiger partial charge in [-0.25, -0.2) is 4.98 Å². The first kappa shape index (κ1) is 25.8. The number of H-pyrrole nitrogens is 1. The van der Waals surface area contributed by atoms with E-state index in [1.165, 1.54) is 24.0 Å². The van der Waals surface area contributed by atoms with Gasteiger partial charge in [0.1, 0.15) is 5.01 Å². The van der Waals surface area contributed by atoms with Crippen molar-refractivity contribution in [1.82, 2.24) is 20.6 Å². The molecule has 0 aliphatic carbocycles. The third-order valence-electron chi connectivity index (χ3n) is 3.92. The number of amides is 2. The van der Waals surface area contributed by atoms with Crippen molar-refractivity contribution in [1.29, 1.82) is 0 Å². The maximum absolute atomic E-state index is 12.2. The molecule has 0 spiro atoms. The van der Waals surface area contributed by atoms with Crippen LogP contribution in [0.4, 0.5) is 0 Å². The van der Waals surface area contributed by atoms with Gasteiger partial charge in [-0.15, -0.1) is 11.3 Å². The molecule has 0 aromatic carbocycles. The number of carbonyl (C=O) groups is 2. The van der Waals surface area contributed by atoms with Crippen LogP contribution in [-0.4, -0.2) is 28.8 Å². The van der Waals surface area contributed by atoms with Crippen LogP contribution < -0.4 is 10.6 Å². The number of rotatable bonds is 9. The molecule has 2 heterocycles. The number of likely N-dealkylation sites (N-methyl/N-ethyl adjacent to an activating group) is 1. The number of nitrogens with one attached hydrogen (secondary N) is 3. The normalized spacial score (nSPS) is 11.6. The van der Waals surface area contributed by atoms with Crippen molar-refractivity contribution in [2.75, 3.05) is 6.54 Å². The summed E-state index contributed by atoms with van der Waals surface area (Å²) in [6.07, 6.45) is 12.4. The maximum Gasteiger partial charge on any atom is 0.252 e. The Labute approximate surface area is 188 Å². The second-order valence-corrected chi connectivity index (χ2v) is 7.51. The van der Waals surface area contributed by atoms with Gasteiger partial charge in [0.05, 0.1) is 11.3 Å². The lowest BCUT2D eigenvalue weighted by molar-refractivity contribution is -0.117. The first-order chi connectivity index (χ1) is 14.9. The smallest absolute Gasteiger partial charge is 0.252 e. The zero-order valence-corrected chi connectivity index (χ0v) is 19.7. The van der Waals surface area contributed by atoms with Gasteiger partial charge < -0.3 is 15.6 Å². The molecule has 3 N–H and O–H groups in total. The summed E-state index contributed by atoms with van der Waals surface area (Å²) in [6, 6.07) is 0. The molecule has 2 aromatic rings. The molecule has 0 saturated carbocycles. The second-order valence-electron chi connectivity index (χ2n) is 6.65. The van der Waals surface area contributed by atoms with Gasteiger partial charge in [-0.3, -0.25) is 9.59 Å². The van der Waals surface area contributed by atoms with Crippen LogP contribution in [0.15, 0.2) is 48.2 Å². The van der Waals surface area contributed by atoms with E-state index in [1.54, 1.807) is 12.2 Å². The molecule has 166 valence electrons. The van der Waals surface area contributed by atoms with Gasteiger partial charge in [-0.2, -0.15) is 0 Å². The van der Waals surface area contributed by atoms with Gasteiger partial charge in [0.25, 0.3) is 5.91 Å². The standard InChI is InChI=1S/C21H24N4O2S.C3H8/c1-5-7-8-17-15(4)24-11-18(17)19-12-28-21(25-19)14(3)9-16(10-22-13-26)20(27)23-6-2;1-3-2/h5,7-13,24H,1,6H2,2-4H3,(H,22,26)(H,23,27);3H2,1-2H3/b8-7-,14-9+,16-10+;. The van der Waals surface area contributed by atoms with Crippen LogP contribution in [-0.2, 0) is 9.59 Å². The summed E-state index contributed by atoms with van der Waals surface area (Å²) in [5.74, 6) is -0.258. The van der Waals surface area contributed by atoms with Crippen LogP contribution in [0.5, 0.6) is 0 Å². The van der Waals surface area contributed by atoms with Crippen molar-refractivity contribution >= 4 is 35.3 Å². The molecule has 0 radical (unpaired) electrons. The molecule has 6 nitrogen and oxygen atoms in total. The number of aromatic amines is 1. The molecule has 0 fully saturated rings. The second kappa shape index (κ2) is 13.9. The van der Waals surface area contributed by atoms with E-state index in [1.807, 2.05) is 44.5 Å². The fraction of sp³-hybridized carbons (Fsp3) is 0.292. The van der Waals surface area contributed by atoms with E-state index in [4.69, 9.17) is 4.98 Å². The van der Waals surface area contributed by atoms with E-state index in [9.17, 15) is 9.59 Å². The first-order valence-electron chi connectivity index (χ1n) is 10.2. The molecule has 2 rings (SSSR count). The Hall–Kier alpha value is -3.19. The molecule has 7 heteroatoms. The largest absolute Gasteiger partial charge is 0.364 e. The van der Waals surface area contributed by atoms with E-state index < -0.39 is 0 Å². The van der Waals surface area contributed by atoms with Gasteiger partial charge in [-0.1, -0.05) is 45.1 Å². The Morgan fingerprint density at radius 3 is 2.65 bits per heavy atom. The minimum Gasteiger partial charge on any atom is -0.364 e. The molecule has 0 atom stereocenters. The van der Waals surface area contributed by atoms with Crippen LogP contribution in [0.3, 0.4) is 0 Å². The molecule has 0 saturated heterocycles. The lowest BCUT2D eigenvalue weighted by atomic mass is 10.1. The summed E-state index contributed by atoms with van der Waals surface area (Å²) in [6.45, 7) is 14.2. The zero-order valence-electron chi connectivity index (χ0n) is 18.9. The number of aryl methyl sites for hydroxylation is 1. The maximum atomic E-state index is 12.2. The predicted octanol–water partition coefficient (Wildman–Crippen LogP) is 5.23. The number of carbonyl (C=O) groups excluding carboxylic acids is 2. The topological polar surface area (TPSA) is 86.9 Å². The van der Waals surface area contributed by atoms with Crippen LogP contribution in [0.25, 0.3) is 22.9 Å². The monoisotopic (exact) mass is 440 g/mol. The van der Waals surface area contributed by atoms with E-state index in [0.717, 1.165) is 33.1 Å². The summed E-state index contributed by atoms with van der Waals surface area (Å²) in [4.78, 5) is 30.7. The van der Waals surface area contributed by atoms with Crippen molar-refractivity contribution in [2.45, 2.75) is 41.0 Å². The van der Waals surface area contributed by atoms with Crippen molar-refractivity contribution in [3.63, 3.8) is 0 Å². The van der Waals surface area contributed by atoms with Crippen LogP contribution in [0.2, 0.25) is 0 Å². The molecule has 0 aliphatic rings. The summed E-state index contributed by atoms with van der Waals surface area (Å²) in [5.41, 5.74) is 5.17. The fourth-order valence-electron chi connectivity index (χ4n) is 2.56. The molecule has 2 aromatic heterocycles. The fourth-order valence-corrected chi connectivity index (χ4v) is 3.36. The summed E-state index contributed by atoms with van der Waals surface area (Å²) in [7, 11) is 0. The van der Waals surface area contributed by atoms with Gasteiger partial charge in [0, 0.05) is 41.1 Å². The number of nitrogens with zero attached hydrogens (tertiary/aromatic N) is 1. The average molecular weight is 441 g/mol. The molecule has 0 aliphatic heterocycles. The zero-order chi connectivity index (χ0) is 23.2.